The predicted molar refractivity (Wildman–Crippen MR) is 94.4 cm³/mol. The third kappa shape index (κ3) is 3.80. The molecule has 0 aromatic heterocycles. The first-order valence-electron chi connectivity index (χ1n) is 9.39. The van der Waals surface area contributed by atoms with Crippen molar-refractivity contribution in [3.05, 3.63) is 35.4 Å². The summed E-state index contributed by atoms with van der Waals surface area (Å²) in [6, 6.07) is 3.39. The number of hydrogen-bond donors (Lipinski definition) is 2. The zero-order valence-electron chi connectivity index (χ0n) is 14.8. The molecule has 3 rings (SSSR count). The largest absolute Gasteiger partial charge is 0.354 e. The molecule has 142 valence electrons. The second-order valence-corrected chi connectivity index (χ2v) is 7.82. The van der Waals surface area contributed by atoms with E-state index in [1.54, 1.807) is 6.07 Å². The second kappa shape index (κ2) is 7.82. The van der Waals surface area contributed by atoms with Crippen molar-refractivity contribution in [3.63, 3.8) is 0 Å². The number of halogens is 2. The minimum atomic E-state index is -0.861. The van der Waals surface area contributed by atoms with Gasteiger partial charge in [-0.05, 0) is 62.1 Å². The fourth-order valence-electron chi connectivity index (χ4n) is 4.23. The van der Waals surface area contributed by atoms with Crippen molar-refractivity contribution < 1.29 is 18.4 Å². The number of rotatable bonds is 6. The molecule has 26 heavy (non-hydrogen) atoms. The summed E-state index contributed by atoms with van der Waals surface area (Å²) in [5.74, 6) is -1.74. The number of nitrogens with two attached hydrogens (primary N) is 1. The van der Waals surface area contributed by atoms with Crippen molar-refractivity contribution in [1.82, 2.24) is 5.32 Å². The molecule has 1 aromatic rings. The minimum absolute atomic E-state index is 0.0896. The SMILES string of the molecule is NC(C(=O)NCC1(c2ccc(F)c(F)c2)CCC1)C1CCC(C=O)CC1. The van der Waals surface area contributed by atoms with E-state index < -0.39 is 17.7 Å². The van der Waals surface area contributed by atoms with Crippen LogP contribution in [0.1, 0.15) is 50.5 Å². The lowest BCUT2D eigenvalue weighted by molar-refractivity contribution is -0.124. The highest BCUT2D eigenvalue weighted by Crippen LogP contribution is 2.43. The van der Waals surface area contributed by atoms with Crippen LogP contribution in [0.3, 0.4) is 0 Å². The summed E-state index contributed by atoms with van der Waals surface area (Å²) in [5.41, 5.74) is 6.53. The molecule has 1 unspecified atom stereocenters. The van der Waals surface area contributed by atoms with Gasteiger partial charge in [0.25, 0.3) is 0 Å². The number of nitrogens with one attached hydrogen (secondary N) is 1. The van der Waals surface area contributed by atoms with Crippen LogP contribution < -0.4 is 11.1 Å². The summed E-state index contributed by atoms with van der Waals surface area (Å²) >= 11 is 0. The summed E-state index contributed by atoms with van der Waals surface area (Å²) in [5, 5.41) is 2.93. The number of amides is 1. The maximum absolute atomic E-state index is 13.6. The Morgan fingerprint density at radius 1 is 1.23 bits per heavy atom. The van der Waals surface area contributed by atoms with E-state index in [4.69, 9.17) is 5.73 Å². The lowest BCUT2D eigenvalue weighted by Gasteiger charge is -2.43. The van der Waals surface area contributed by atoms with Crippen LogP contribution in [-0.4, -0.2) is 24.8 Å². The Hall–Kier alpha value is -1.82. The van der Waals surface area contributed by atoms with Crippen LogP contribution in [0.5, 0.6) is 0 Å². The summed E-state index contributed by atoms with van der Waals surface area (Å²) in [6.45, 7) is 0.383. The molecule has 2 fully saturated rings. The van der Waals surface area contributed by atoms with Crippen molar-refractivity contribution in [3.8, 4) is 0 Å². The third-order valence-corrected chi connectivity index (χ3v) is 6.26. The van der Waals surface area contributed by atoms with Gasteiger partial charge in [-0.25, -0.2) is 8.78 Å². The normalized spacial score (nSPS) is 25.8. The van der Waals surface area contributed by atoms with Crippen molar-refractivity contribution in [2.45, 2.75) is 56.4 Å². The highest BCUT2D eigenvalue weighted by atomic mass is 19.2. The van der Waals surface area contributed by atoms with Gasteiger partial charge in [0.1, 0.15) is 6.29 Å². The molecule has 2 aliphatic rings. The van der Waals surface area contributed by atoms with E-state index in [-0.39, 0.29) is 23.2 Å². The van der Waals surface area contributed by atoms with Crippen molar-refractivity contribution >= 4 is 12.2 Å². The Kier molecular flexibility index (Phi) is 5.70. The zero-order chi connectivity index (χ0) is 18.7. The smallest absolute Gasteiger partial charge is 0.237 e. The highest BCUT2D eigenvalue weighted by molar-refractivity contribution is 5.82. The molecule has 2 saturated carbocycles. The van der Waals surface area contributed by atoms with Crippen molar-refractivity contribution in [2.24, 2.45) is 17.6 Å². The van der Waals surface area contributed by atoms with Gasteiger partial charge in [-0.3, -0.25) is 4.79 Å². The molecule has 0 saturated heterocycles. The van der Waals surface area contributed by atoms with Gasteiger partial charge in [0.05, 0.1) is 6.04 Å². The Labute approximate surface area is 152 Å². The van der Waals surface area contributed by atoms with Crippen LogP contribution >= 0.6 is 0 Å². The molecule has 3 N–H and O–H groups in total. The van der Waals surface area contributed by atoms with E-state index in [1.165, 1.54) is 6.07 Å². The molecule has 4 nitrogen and oxygen atoms in total. The Bertz CT molecular complexity index is 668. The molecule has 1 amide bonds. The molecular weight excluding hydrogens is 338 g/mol. The first-order valence-corrected chi connectivity index (χ1v) is 9.39. The van der Waals surface area contributed by atoms with Gasteiger partial charge in [-0.1, -0.05) is 12.5 Å². The molecule has 0 bridgehead atoms. The molecule has 2 aliphatic carbocycles. The maximum atomic E-state index is 13.6. The number of hydrogen-bond acceptors (Lipinski definition) is 3. The first-order chi connectivity index (χ1) is 12.4. The van der Waals surface area contributed by atoms with Crippen LogP contribution in [0.2, 0.25) is 0 Å². The fraction of sp³-hybridized carbons (Fsp3) is 0.600. The lowest BCUT2D eigenvalue weighted by atomic mass is 9.64. The first kappa shape index (κ1) is 19.0. The Morgan fingerprint density at radius 3 is 2.46 bits per heavy atom. The van der Waals surface area contributed by atoms with Crippen LogP contribution in [0.4, 0.5) is 8.78 Å². The van der Waals surface area contributed by atoms with Gasteiger partial charge in [0.15, 0.2) is 11.6 Å². The lowest BCUT2D eigenvalue weighted by Crippen LogP contribution is -2.52. The van der Waals surface area contributed by atoms with Crippen LogP contribution in [-0.2, 0) is 15.0 Å². The molecule has 0 spiro atoms. The topological polar surface area (TPSA) is 72.2 Å². The number of carbonyl (C=O) groups is 2. The van der Waals surface area contributed by atoms with Gasteiger partial charge in [0.2, 0.25) is 5.91 Å². The summed E-state index contributed by atoms with van der Waals surface area (Å²) in [6.07, 6.45) is 6.79. The highest BCUT2D eigenvalue weighted by Gasteiger charge is 2.40. The van der Waals surface area contributed by atoms with Crippen molar-refractivity contribution in [1.29, 1.82) is 0 Å². The van der Waals surface area contributed by atoms with E-state index in [2.05, 4.69) is 5.32 Å². The van der Waals surface area contributed by atoms with Crippen molar-refractivity contribution in [2.75, 3.05) is 6.54 Å². The number of aldehydes is 1. The average molecular weight is 364 g/mol. The average Bonchev–Trinajstić information content (AvgIpc) is 2.63. The van der Waals surface area contributed by atoms with E-state index >= 15 is 0 Å². The molecule has 6 heteroatoms. The third-order valence-electron chi connectivity index (χ3n) is 6.26. The van der Waals surface area contributed by atoms with Gasteiger partial charge < -0.3 is 15.8 Å². The van der Waals surface area contributed by atoms with Gasteiger partial charge in [-0.15, -0.1) is 0 Å². The Balaban J connectivity index is 1.59. The molecule has 0 radical (unpaired) electrons. The van der Waals surface area contributed by atoms with Gasteiger partial charge in [-0.2, -0.15) is 0 Å². The van der Waals surface area contributed by atoms with Crippen LogP contribution in [0.25, 0.3) is 0 Å². The Morgan fingerprint density at radius 2 is 1.92 bits per heavy atom. The molecule has 0 heterocycles. The minimum Gasteiger partial charge on any atom is -0.354 e. The maximum Gasteiger partial charge on any atom is 0.237 e. The monoisotopic (exact) mass is 364 g/mol. The zero-order valence-corrected chi connectivity index (χ0v) is 14.8. The fourth-order valence-corrected chi connectivity index (χ4v) is 4.23. The molecular formula is C20H26F2N2O2. The second-order valence-electron chi connectivity index (χ2n) is 7.82. The molecule has 1 aromatic carbocycles. The predicted octanol–water partition coefficient (Wildman–Crippen LogP) is 2.84. The number of carbonyl (C=O) groups excluding carboxylic acids is 2. The van der Waals surface area contributed by atoms with Gasteiger partial charge in [0, 0.05) is 17.9 Å². The summed E-state index contributed by atoms with van der Waals surface area (Å²) < 4.78 is 26.8. The van der Waals surface area contributed by atoms with Crippen LogP contribution in [0, 0.1) is 23.5 Å². The molecule has 0 aliphatic heterocycles. The van der Waals surface area contributed by atoms with E-state index in [9.17, 15) is 18.4 Å². The van der Waals surface area contributed by atoms with E-state index in [0.717, 1.165) is 62.9 Å². The summed E-state index contributed by atoms with van der Waals surface area (Å²) in [7, 11) is 0. The van der Waals surface area contributed by atoms with E-state index in [0.29, 0.717) is 6.54 Å². The quantitative estimate of drug-likeness (QED) is 0.763. The van der Waals surface area contributed by atoms with E-state index in [1.807, 2.05) is 0 Å². The summed E-state index contributed by atoms with van der Waals surface area (Å²) in [4.78, 5) is 23.3. The number of benzene rings is 1. The van der Waals surface area contributed by atoms with Gasteiger partial charge >= 0.3 is 0 Å². The van der Waals surface area contributed by atoms with Crippen LogP contribution in [0.15, 0.2) is 18.2 Å². The standard InChI is InChI=1S/C20H26F2N2O2/c21-16-7-6-15(10-17(16)22)20(8-1-9-20)12-24-19(26)18(23)14-4-2-13(11-25)3-5-14/h6-7,10-11,13-14,18H,1-5,8-9,12,23H2,(H,24,26). The molecule has 1 atom stereocenters.